The molecule has 3 heterocycles. The van der Waals surface area contributed by atoms with Gasteiger partial charge in [-0.3, -0.25) is 14.9 Å². The molecule has 0 spiro atoms. The van der Waals surface area contributed by atoms with Crippen molar-refractivity contribution in [2.45, 2.75) is 19.3 Å². The van der Waals surface area contributed by atoms with E-state index in [1.54, 1.807) is 24.0 Å². The van der Waals surface area contributed by atoms with Crippen LogP contribution in [-0.2, 0) is 4.79 Å². The molecule has 4 aromatic rings. The number of hydrogen-bond donors (Lipinski definition) is 1. The second-order valence-corrected chi connectivity index (χ2v) is 8.62. The second-order valence-electron chi connectivity index (χ2n) is 7.61. The van der Waals surface area contributed by atoms with Gasteiger partial charge in [0.05, 0.1) is 0 Å². The van der Waals surface area contributed by atoms with E-state index in [1.807, 2.05) is 30.3 Å². The third-order valence-corrected chi connectivity index (χ3v) is 6.41. The Kier molecular flexibility index (Phi) is 5.43. The highest BCUT2D eigenvalue weighted by molar-refractivity contribution is 7.15. The van der Waals surface area contributed by atoms with Crippen molar-refractivity contribution in [3.05, 3.63) is 76.7 Å². The standard InChI is InChI=1S/C23H18FN5O3S/c1-13-19(20(28-32-13)14-5-3-2-4-6-14)21(31)25-23-27-26-22(33-23)15-11-18(30)29(12-15)17-9-7-16(24)8-10-17/h2-10,15H,11-12H2,1H3,(H,25,27,31). The van der Waals surface area contributed by atoms with Crippen molar-refractivity contribution in [2.24, 2.45) is 0 Å². The van der Waals surface area contributed by atoms with E-state index in [0.29, 0.717) is 39.4 Å². The number of hydrogen-bond acceptors (Lipinski definition) is 7. The molecule has 1 N–H and O–H groups in total. The van der Waals surface area contributed by atoms with E-state index in [-0.39, 0.29) is 24.1 Å². The Labute approximate surface area is 192 Å². The van der Waals surface area contributed by atoms with Gasteiger partial charge >= 0.3 is 0 Å². The molecule has 2 aromatic carbocycles. The van der Waals surface area contributed by atoms with Crippen LogP contribution < -0.4 is 10.2 Å². The van der Waals surface area contributed by atoms with E-state index in [9.17, 15) is 14.0 Å². The lowest BCUT2D eigenvalue weighted by atomic mass is 10.1. The minimum absolute atomic E-state index is 0.0695. The van der Waals surface area contributed by atoms with Crippen molar-refractivity contribution >= 4 is 34.0 Å². The summed E-state index contributed by atoms with van der Waals surface area (Å²) in [5.74, 6) is -0.592. The van der Waals surface area contributed by atoms with E-state index >= 15 is 0 Å². The molecule has 1 saturated heterocycles. The van der Waals surface area contributed by atoms with Gasteiger partial charge in [-0.2, -0.15) is 0 Å². The van der Waals surface area contributed by atoms with Crippen LogP contribution in [0.1, 0.15) is 33.5 Å². The predicted octanol–water partition coefficient (Wildman–Crippen LogP) is 4.41. The van der Waals surface area contributed by atoms with Crippen LogP contribution in [0.5, 0.6) is 0 Å². The molecule has 1 aliphatic rings. The summed E-state index contributed by atoms with van der Waals surface area (Å²) in [6.45, 7) is 2.09. The lowest BCUT2D eigenvalue weighted by Crippen LogP contribution is -2.24. The summed E-state index contributed by atoms with van der Waals surface area (Å²) in [5.41, 5.74) is 2.18. The molecule has 0 saturated carbocycles. The van der Waals surface area contributed by atoms with Gasteiger partial charge in [-0.1, -0.05) is 46.8 Å². The van der Waals surface area contributed by atoms with E-state index < -0.39 is 5.91 Å². The zero-order chi connectivity index (χ0) is 22.9. The Balaban J connectivity index is 1.31. The Bertz CT molecular complexity index is 1320. The maximum Gasteiger partial charge on any atom is 0.263 e. The summed E-state index contributed by atoms with van der Waals surface area (Å²) in [6.07, 6.45) is 0.267. The number of nitrogens with zero attached hydrogens (tertiary/aromatic N) is 4. The summed E-state index contributed by atoms with van der Waals surface area (Å²) in [7, 11) is 0. The number of amides is 2. The molecule has 33 heavy (non-hydrogen) atoms. The third-order valence-electron chi connectivity index (χ3n) is 5.41. The fourth-order valence-electron chi connectivity index (χ4n) is 3.79. The highest BCUT2D eigenvalue weighted by Crippen LogP contribution is 2.34. The average Bonchev–Trinajstić information content (AvgIpc) is 3.53. The van der Waals surface area contributed by atoms with Crippen LogP contribution in [0.25, 0.3) is 11.3 Å². The summed E-state index contributed by atoms with van der Waals surface area (Å²) in [6, 6.07) is 15.1. The number of halogens is 1. The first-order valence-electron chi connectivity index (χ1n) is 10.2. The first-order valence-corrected chi connectivity index (χ1v) is 11.0. The summed E-state index contributed by atoms with van der Waals surface area (Å²) in [5, 5.41) is 16.0. The van der Waals surface area contributed by atoms with Gasteiger partial charge in [0.2, 0.25) is 11.0 Å². The maximum absolute atomic E-state index is 13.2. The highest BCUT2D eigenvalue weighted by atomic mass is 32.1. The largest absolute Gasteiger partial charge is 0.360 e. The van der Waals surface area contributed by atoms with Crippen LogP contribution in [0, 0.1) is 12.7 Å². The van der Waals surface area contributed by atoms with Crippen LogP contribution >= 0.6 is 11.3 Å². The predicted molar refractivity (Wildman–Crippen MR) is 121 cm³/mol. The number of rotatable bonds is 5. The van der Waals surface area contributed by atoms with Crippen LogP contribution in [0.3, 0.4) is 0 Å². The van der Waals surface area contributed by atoms with Crippen molar-refractivity contribution in [3.63, 3.8) is 0 Å². The molecule has 1 aliphatic heterocycles. The molecule has 0 aliphatic carbocycles. The number of aryl methyl sites for hydroxylation is 1. The van der Waals surface area contributed by atoms with Gasteiger partial charge in [0.25, 0.3) is 5.91 Å². The monoisotopic (exact) mass is 463 g/mol. The first kappa shape index (κ1) is 21.0. The summed E-state index contributed by atoms with van der Waals surface area (Å²) >= 11 is 1.22. The molecule has 5 rings (SSSR count). The Morgan fingerprint density at radius 1 is 1.15 bits per heavy atom. The molecular formula is C23H18FN5O3S. The Morgan fingerprint density at radius 3 is 2.67 bits per heavy atom. The normalized spacial score (nSPS) is 15.8. The molecule has 166 valence electrons. The van der Waals surface area contributed by atoms with Gasteiger partial charge in [-0.05, 0) is 31.2 Å². The van der Waals surface area contributed by atoms with Gasteiger partial charge in [0, 0.05) is 30.1 Å². The molecule has 2 aromatic heterocycles. The number of benzene rings is 2. The minimum atomic E-state index is -0.397. The zero-order valence-electron chi connectivity index (χ0n) is 17.5. The van der Waals surface area contributed by atoms with Gasteiger partial charge in [-0.25, -0.2) is 4.39 Å². The lowest BCUT2D eigenvalue weighted by Gasteiger charge is -2.16. The number of aromatic nitrogens is 3. The van der Waals surface area contributed by atoms with E-state index in [4.69, 9.17) is 4.52 Å². The number of carbonyl (C=O) groups excluding carboxylic acids is 2. The lowest BCUT2D eigenvalue weighted by molar-refractivity contribution is -0.117. The number of carbonyl (C=O) groups is 2. The molecule has 1 fully saturated rings. The SMILES string of the molecule is Cc1onc(-c2ccccc2)c1C(=O)Nc1nnc(C2CC(=O)N(c3ccc(F)cc3)C2)s1. The summed E-state index contributed by atoms with van der Waals surface area (Å²) in [4.78, 5) is 27.1. The third kappa shape index (κ3) is 4.12. The number of anilines is 2. The topological polar surface area (TPSA) is 101 Å². The fraction of sp³-hybridized carbons (Fsp3) is 0.174. The maximum atomic E-state index is 13.2. The van der Waals surface area contributed by atoms with Gasteiger partial charge in [0.1, 0.15) is 27.8 Å². The fourth-order valence-corrected chi connectivity index (χ4v) is 4.62. The van der Waals surface area contributed by atoms with Crippen LogP contribution in [0.15, 0.2) is 59.1 Å². The molecule has 10 heteroatoms. The van der Waals surface area contributed by atoms with Crippen molar-refractivity contribution in [1.82, 2.24) is 15.4 Å². The smallest absolute Gasteiger partial charge is 0.263 e. The zero-order valence-corrected chi connectivity index (χ0v) is 18.3. The van der Waals surface area contributed by atoms with Crippen molar-refractivity contribution in [3.8, 4) is 11.3 Å². The quantitative estimate of drug-likeness (QED) is 0.470. The minimum Gasteiger partial charge on any atom is -0.360 e. The molecule has 1 atom stereocenters. The van der Waals surface area contributed by atoms with Gasteiger partial charge in [-0.15, -0.1) is 10.2 Å². The van der Waals surface area contributed by atoms with Crippen LogP contribution in [0.4, 0.5) is 15.2 Å². The molecular weight excluding hydrogens is 445 g/mol. The molecule has 0 bridgehead atoms. The average molecular weight is 463 g/mol. The van der Waals surface area contributed by atoms with E-state index in [1.165, 1.54) is 23.5 Å². The second kappa shape index (κ2) is 8.55. The van der Waals surface area contributed by atoms with Crippen molar-refractivity contribution in [1.29, 1.82) is 0 Å². The highest BCUT2D eigenvalue weighted by Gasteiger charge is 2.34. The van der Waals surface area contributed by atoms with E-state index in [2.05, 4.69) is 20.7 Å². The number of nitrogens with one attached hydrogen (secondary N) is 1. The first-order chi connectivity index (χ1) is 16.0. The van der Waals surface area contributed by atoms with Crippen LogP contribution in [0.2, 0.25) is 0 Å². The van der Waals surface area contributed by atoms with Crippen molar-refractivity contribution < 1.29 is 18.5 Å². The molecule has 1 unspecified atom stereocenters. The van der Waals surface area contributed by atoms with Gasteiger partial charge in [0.15, 0.2) is 0 Å². The molecule has 0 radical (unpaired) electrons. The molecule has 8 nitrogen and oxygen atoms in total. The summed E-state index contributed by atoms with van der Waals surface area (Å²) < 4.78 is 18.5. The Hall–Kier alpha value is -3.92. The van der Waals surface area contributed by atoms with Crippen molar-refractivity contribution in [2.75, 3.05) is 16.8 Å². The Morgan fingerprint density at radius 2 is 1.91 bits per heavy atom. The van der Waals surface area contributed by atoms with Crippen LogP contribution in [-0.4, -0.2) is 33.7 Å². The molecule has 2 amide bonds. The van der Waals surface area contributed by atoms with Gasteiger partial charge < -0.3 is 9.42 Å². The van der Waals surface area contributed by atoms with E-state index in [0.717, 1.165) is 5.56 Å².